The fraction of sp³-hybridized carbons (Fsp3) is 0.150. The number of pyridine rings is 3. The highest BCUT2D eigenvalue weighted by Crippen LogP contribution is 2.35. The fourth-order valence-corrected chi connectivity index (χ4v) is 4.82. The summed E-state index contributed by atoms with van der Waals surface area (Å²) in [6.07, 6.45) is -0.373. The first-order valence-corrected chi connectivity index (χ1v) is 10.9. The van der Waals surface area contributed by atoms with Gasteiger partial charge in [-0.3, -0.25) is 4.40 Å². The summed E-state index contributed by atoms with van der Waals surface area (Å²) in [5.74, 6) is -0.136. The Labute approximate surface area is 173 Å². The highest BCUT2D eigenvalue weighted by atomic mass is 32.2. The highest BCUT2D eigenvalue weighted by Gasteiger charge is 2.33. The van der Waals surface area contributed by atoms with E-state index in [1.807, 2.05) is 0 Å². The quantitative estimate of drug-likeness (QED) is 0.419. The molecule has 0 aliphatic carbocycles. The van der Waals surface area contributed by atoms with Gasteiger partial charge in [0.1, 0.15) is 27.6 Å². The number of rotatable bonds is 3. The van der Waals surface area contributed by atoms with Gasteiger partial charge in [0.05, 0.1) is 16.8 Å². The zero-order valence-electron chi connectivity index (χ0n) is 16.0. The lowest BCUT2D eigenvalue weighted by atomic mass is 10.1. The molecule has 5 aromatic rings. The van der Waals surface area contributed by atoms with Crippen LogP contribution in [0, 0.1) is 0 Å². The highest BCUT2D eigenvalue weighted by molar-refractivity contribution is 7.91. The van der Waals surface area contributed by atoms with Crippen LogP contribution in [0.2, 0.25) is 0 Å². The maximum atomic E-state index is 13.4. The first-order valence-electron chi connectivity index (χ1n) is 9.25. The smallest absolute Gasteiger partial charge is 0.283 e. The number of imidazole rings is 1. The van der Waals surface area contributed by atoms with Gasteiger partial charge in [0.15, 0.2) is 9.84 Å². The summed E-state index contributed by atoms with van der Waals surface area (Å²) in [6.45, 7) is 1.53. The van der Waals surface area contributed by atoms with E-state index in [2.05, 4.69) is 15.1 Å². The van der Waals surface area contributed by atoms with Crippen molar-refractivity contribution in [1.82, 2.24) is 24.0 Å². The molecule has 0 aromatic carbocycles. The molecule has 0 unspecified atom stereocenters. The zero-order valence-corrected chi connectivity index (χ0v) is 16.8. The Kier molecular flexibility index (Phi) is 4.09. The number of fused-ring (bicyclic) bond motifs is 4. The van der Waals surface area contributed by atoms with Crippen LogP contribution < -0.4 is 0 Å². The topological polar surface area (TPSA) is 81.6 Å². The number of aromatic nitrogens is 5. The summed E-state index contributed by atoms with van der Waals surface area (Å²) in [6, 6.07) is 8.72. The normalized spacial score (nSPS) is 12.9. The van der Waals surface area contributed by atoms with Crippen LogP contribution in [0.25, 0.3) is 33.6 Å². The third kappa shape index (κ3) is 2.95. The molecule has 0 N–H and O–H groups in total. The van der Waals surface area contributed by atoms with E-state index in [0.29, 0.717) is 11.2 Å². The molecule has 158 valence electrons. The molecule has 31 heavy (non-hydrogen) atoms. The first kappa shape index (κ1) is 19.5. The molecule has 0 fully saturated rings. The van der Waals surface area contributed by atoms with Crippen LogP contribution in [0.15, 0.2) is 59.9 Å². The Morgan fingerprint density at radius 2 is 1.90 bits per heavy atom. The Bertz CT molecular complexity index is 1590. The number of alkyl halides is 3. The average molecular weight is 445 g/mol. The van der Waals surface area contributed by atoms with Crippen LogP contribution in [0.5, 0.6) is 0 Å². The third-order valence-corrected chi connectivity index (χ3v) is 6.85. The minimum atomic E-state index is -4.54. The maximum absolute atomic E-state index is 13.4. The predicted octanol–water partition coefficient (Wildman–Crippen LogP) is 4.01. The molecule has 5 heterocycles. The van der Waals surface area contributed by atoms with Gasteiger partial charge >= 0.3 is 6.18 Å². The van der Waals surface area contributed by atoms with Crippen molar-refractivity contribution in [2.75, 3.05) is 5.75 Å². The van der Waals surface area contributed by atoms with Crippen molar-refractivity contribution in [2.45, 2.75) is 18.0 Å². The Balaban J connectivity index is 1.83. The molecule has 0 saturated heterocycles. The van der Waals surface area contributed by atoms with E-state index in [4.69, 9.17) is 0 Å². The summed E-state index contributed by atoms with van der Waals surface area (Å²) in [4.78, 5) is 8.56. The van der Waals surface area contributed by atoms with Crippen molar-refractivity contribution in [3.8, 4) is 11.4 Å². The van der Waals surface area contributed by atoms with E-state index in [1.54, 1.807) is 24.4 Å². The van der Waals surface area contributed by atoms with Gasteiger partial charge in [0.2, 0.25) is 0 Å². The van der Waals surface area contributed by atoms with Crippen LogP contribution in [-0.2, 0) is 16.0 Å². The molecule has 0 aliphatic heterocycles. The van der Waals surface area contributed by atoms with E-state index in [-0.39, 0.29) is 33.1 Å². The van der Waals surface area contributed by atoms with Crippen molar-refractivity contribution in [1.29, 1.82) is 0 Å². The van der Waals surface area contributed by atoms with Gasteiger partial charge in [0, 0.05) is 24.0 Å². The molecule has 0 amide bonds. The molecule has 5 aromatic heterocycles. The van der Waals surface area contributed by atoms with Gasteiger partial charge in [-0.1, -0.05) is 13.0 Å². The summed E-state index contributed by atoms with van der Waals surface area (Å²) < 4.78 is 68.7. The van der Waals surface area contributed by atoms with Gasteiger partial charge < -0.3 is 0 Å². The molecule has 11 heteroatoms. The lowest BCUT2D eigenvalue weighted by molar-refractivity contribution is -0.136. The number of hydrogen-bond acceptors (Lipinski definition) is 5. The monoisotopic (exact) mass is 445 g/mol. The second-order valence-electron chi connectivity index (χ2n) is 6.89. The van der Waals surface area contributed by atoms with Crippen molar-refractivity contribution in [3.05, 3.63) is 60.6 Å². The minimum Gasteiger partial charge on any atom is -0.283 e. The molecule has 0 radical (unpaired) electrons. The summed E-state index contributed by atoms with van der Waals surface area (Å²) in [5, 5.41) is 4.31. The van der Waals surface area contributed by atoms with Crippen LogP contribution in [-0.4, -0.2) is 38.2 Å². The third-order valence-electron chi connectivity index (χ3n) is 5.06. The largest absolute Gasteiger partial charge is 0.417 e. The van der Waals surface area contributed by atoms with Gasteiger partial charge in [-0.2, -0.15) is 18.3 Å². The molecular weight excluding hydrogens is 431 g/mol. The average Bonchev–Trinajstić information content (AvgIpc) is 3.34. The Morgan fingerprint density at radius 3 is 2.65 bits per heavy atom. The molecule has 7 nitrogen and oxygen atoms in total. The standard InChI is InChI=1S/C20H14F3N5O2S/c1-2-31(29,30)18-15-5-3-4-10-28(15)26-17(18)14-11-27-16(25-14)7-6-12-13(20(21,22)23)8-9-24-19(12)27/h3-11H,2H2,1H3. The Morgan fingerprint density at radius 1 is 1.10 bits per heavy atom. The second kappa shape index (κ2) is 6.51. The number of hydrogen-bond donors (Lipinski definition) is 0. The molecule has 0 spiro atoms. The Hall–Kier alpha value is -3.47. The SMILES string of the molecule is CCS(=O)(=O)c1c(-c2cn3c(ccc4c(C(F)(F)F)ccnc43)n2)nn2ccccc12. The van der Waals surface area contributed by atoms with E-state index in [0.717, 1.165) is 12.3 Å². The molecule has 5 rings (SSSR count). The van der Waals surface area contributed by atoms with Crippen LogP contribution in [0.4, 0.5) is 13.2 Å². The number of halogens is 3. The van der Waals surface area contributed by atoms with E-state index < -0.39 is 21.6 Å². The maximum Gasteiger partial charge on any atom is 0.417 e. The van der Waals surface area contributed by atoms with Crippen molar-refractivity contribution < 1.29 is 21.6 Å². The van der Waals surface area contributed by atoms with Gasteiger partial charge in [-0.25, -0.2) is 22.9 Å². The molecule has 0 bridgehead atoms. The van der Waals surface area contributed by atoms with Crippen molar-refractivity contribution in [3.63, 3.8) is 0 Å². The summed E-state index contributed by atoms with van der Waals surface area (Å²) in [5.41, 5.74) is 0.343. The predicted molar refractivity (Wildman–Crippen MR) is 107 cm³/mol. The lowest BCUT2D eigenvalue weighted by Crippen LogP contribution is -2.07. The first-order chi connectivity index (χ1) is 14.7. The summed E-state index contributed by atoms with van der Waals surface area (Å²) in [7, 11) is -3.66. The van der Waals surface area contributed by atoms with Crippen LogP contribution >= 0.6 is 0 Å². The van der Waals surface area contributed by atoms with Crippen molar-refractivity contribution >= 4 is 32.0 Å². The summed E-state index contributed by atoms with van der Waals surface area (Å²) >= 11 is 0. The molecular formula is C20H14F3N5O2S. The molecule has 0 saturated carbocycles. The number of nitrogens with zero attached hydrogens (tertiary/aromatic N) is 5. The lowest BCUT2D eigenvalue weighted by Gasteiger charge is -2.10. The van der Waals surface area contributed by atoms with E-state index in [1.165, 1.54) is 34.2 Å². The van der Waals surface area contributed by atoms with Crippen LogP contribution in [0.1, 0.15) is 12.5 Å². The number of sulfone groups is 1. The van der Waals surface area contributed by atoms with Crippen molar-refractivity contribution in [2.24, 2.45) is 0 Å². The van der Waals surface area contributed by atoms with Gasteiger partial charge in [0.25, 0.3) is 0 Å². The fourth-order valence-electron chi connectivity index (χ4n) is 3.61. The van der Waals surface area contributed by atoms with E-state index >= 15 is 0 Å². The van der Waals surface area contributed by atoms with Gasteiger partial charge in [-0.05, 0) is 30.3 Å². The minimum absolute atomic E-state index is 0.0345. The zero-order chi connectivity index (χ0) is 22.0. The van der Waals surface area contributed by atoms with E-state index in [9.17, 15) is 21.6 Å². The molecule has 0 aliphatic rings. The van der Waals surface area contributed by atoms with Gasteiger partial charge in [-0.15, -0.1) is 0 Å². The molecule has 0 atom stereocenters. The second-order valence-corrected chi connectivity index (χ2v) is 9.11. The van der Waals surface area contributed by atoms with Crippen LogP contribution in [0.3, 0.4) is 0 Å².